The Labute approximate surface area is 241 Å². The Balaban J connectivity index is 1.48. The van der Waals surface area contributed by atoms with E-state index in [0.29, 0.717) is 0 Å². The third-order valence-electron chi connectivity index (χ3n) is 7.89. The zero-order valence-electron chi connectivity index (χ0n) is 21.6. The van der Waals surface area contributed by atoms with Gasteiger partial charge < -0.3 is 0 Å². The first-order valence-corrected chi connectivity index (χ1v) is 14.6. The molecule has 8 rings (SSSR count). The Bertz CT molecular complexity index is 2200. The minimum atomic E-state index is 0.750. The van der Waals surface area contributed by atoms with Crippen LogP contribution in [0.2, 0.25) is 5.02 Å². The summed E-state index contributed by atoms with van der Waals surface area (Å²) >= 11 is 8.19. The number of rotatable bonds is 3. The molecule has 1 heterocycles. The molecule has 0 amide bonds. The van der Waals surface area contributed by atoms with Crippen molar-refractivity contribution in [3.63, 3.8) is 0 Å². The summed E-state index contributed by atoms with van der Waals surface area (Å²) < 4.78 is 2.61. The van der Waals surface area contributed by atoms with E-state index in [9.17, 15) is 0 Å². The Kier molecular flexibility index (Phi) is 5.48. The Morgan fingerprint density at radius 2 is 1.05 bits per heavy atom. The smallest absolute Gasteiger partial charge is 0.0434 e. The van der Waals surface area contributed by atoms with Gasteiger partial charge in [0.2, 0.25) is 0 Å². The standard InChI is InChI=1S/C38H23ClS/c39-30-18-16-25(17-19-30)33-21-29(22-35-34-20-27-10-4-5-11-28(27)23-36(34)40-38(33)35)32-15-7-13-26-12-6-14-31(37(26)32)24-8-2-1-3-9-24/h1-23H. The maximum atomic E-state index is 6.31. The predicted octanol–water partition coefficient (Wildman–Crippen LogP) is 12.0. The normalized spacial score (nSPS) is 11.6. The molecular weight excluding hydrogens is 524 g/mol. The van der Waals surface area contributed by atoms with Crippen LogP contribution in [0, 0.1) is 0 Å². The van der Waals surface area contributed by atoms with E-state index < -0.39 is 0 Å². The number of thiophene rings is 1. The molecule has 0 N–H and O–H groups in total. The fraction of sp³-hybridized carbons (Fsp3) is 0. The average molecular weight is 547 g/mol. The molecule has 0 aliphatic heterocycles. The van der Waals surface area contributed by atoms with Gasteiger partial charge in [0.1, 0.15) is 0 Å². The quantitative estimate of drug-likeness (QED) is 0.207. The Hall–Kier alpha value is -4.43. The van der Waals surface area contributed by atoms with Crippen molar-refractivity contribution in [2.75, 3.05) is 0 Å². The highest BCUT2D eigenvalue weighted by atomic mass is 35.5. The first-order valence-electron chi connectivity index (χ1n) is 13.5. The van der Waals surface area contributed by atoms with Crippen LogP contribution in [0.15, 0.2) is 140 Å². The summed E-state index contributed by atoms with van der Waals surface area (Å²) in [7, 11) is 0. The summed E-state index contributed by atoms with van der Waals surface area (Å²) in [5, 5.41) is 8.42. The fourth-order valence-corrected chi connectivity index (χ4v) is 7.38. The zero-order chi connectivity index (χ0) is 26.6. The largest absolute Gasteiger partial charge is 0.135 e. The maximum Gasteiger partial charge on any atom is 0.0434 e. The summed E-state index contributed by atoms with van der Waals surface area (Å²) in [4.78, 5) is 0. The van der Waals surface area contributed by atoms with E-state index in [1.165, 1.54) is 75.1 Å². The summed E-state index contributed by atoms with van der Waals surface area (Å²) in [6.45, 7) is 0. The summed E-state index contributed by atoms with van der Waals surface area (Å²) in [6.07, 6.45) is 0. The van der Waals surface area contributed by atoms with Crippen LogP contribution >= 0.6 is 22.9 Å². The van der Waals surface area contributed by atoms with Gasteiger partial charge in [-0.15, -0.1) is 11.3 Å². The van der Waals surface area contributed by atoms with Crippen molar-refractivity contribution in [1.29, 1.82) is 0 Å². The molecule has 0 aliphatic carbocycles. The van der Waals surface area contributed by atoms with E-state index in [0.717, 1.165) is 5.02 Å². The minimum Gasteiger partial charge on any atom is -0.135 e. The molecule has 0 saturated heterocycles. The van der Waals surface area contributed by atoms with Gasteiger partial charge in [-0.05, 0) is 85.8 Å². The first kappa shape index (κ1) is 23.5. The Morgan fingerprint density at radius 3 is 1.80 bits per heavy atom. The molecule has 7 aromatic carbocycles. The molecule has 1 aromatic heterocycles. The summed E-state index contributed by atoms with van der Waals surface area (Å²) in [5.41, 5.74) is 7.36. The molecule has 0 fully saturated rings. The van der Waals surface area contributed by atoms with Crippen LogP contribution in [0.5, 0.6) is 0 Å². The second-order valence-electron chi connectivity index (χ2n) is 10.3. The van der Waals surface area contributed by atoms with Crippen molar-refractivity contribution >= 4 is 64.7 Å². The van der Waals surface area contributed by atoms with Crippen molar-refractivity contribution < 1.29 is 0 Å². The number of hydrogen-bond donors (Lipinski definition) is 0. The molecule has 0 spiro atoms. The second kappa shape index (κ2) is 9.34. The highest BCUT2D eigenvalue weighted by Crippen LogP contribution is 2.45. The van der Waals surface area contributed by atoms with Crippen LogP contribution in [0.25, 0.3) is 75.1 Å². The van der Waals surface area contributed by atoms with Gasteiger partial charge in [0.15, 0.2) is 0 Å². The molecule has 0 radical (unpaired) electrons. The van der Waals surface area contributed by atoms with Crippen molar-refractivity contribution in [2.45, 2.75) is 0 Å². The monoisotopic (exact) mass is 546 g/mol. The van der Waals surface area contributed by atoms with E-state index >= 15 is 0 Å². The molecule has 0 unspecified atom stereocenters. The lowest BCUT2D eigenvalue weighted by Crippen LogP contribution is -1.88. The van der Waals surface area contributed by atoms with Gasteiger partial charge in [-0.25, -0.2) is 0 Å². The number of halogens is 1. The van der Waals surface area contributed by atoms with Crippen molar-refractivity contribution in [3.8, 4) is 33.4 Å². The van der Waals surface area contributed by atoms with Crippen molar-refractivity contribution in [2.24, 2.45) is 0 Å². The van der Waals surface area contributed by atoms with Gasteiger partial charge in [-0.3, -0.25) is 0 Å². The van der Waals surface area contributed by atoms with Gasteiger partial charge in [0.25, 0.3) is 0 Å². The molecular formula is C38H23ClS. The van der Waals surface area contributed by atoms with E-state index in [1.807, 2.05) is 23.5 Å². The van der Waals surface area contributed by atoms with E-state index in [4.69, 9.17) is 11.6 Å². The van der Waals surface area contributed by atoms with E-state index in [-0.39, 0.29) is 0 Å². The van der Waals surface area contributed by atoms with Crippen LogP contribution < -0.4 is 0 Å². The summed E-state index contributed by atoms with van der Waals surface area (Å²) in [6, 6.07) is 50.4. The molecule has 40 heavy (non-hydrogen) atoms. The van der Waals surface area contributed by atoms with Gasteiger partial charge in [0.05, 0.1) is 0 Å². The van der Waals surface area contributed by atoms with E-state index in [2.05, 4.69) is 127 Å². The van der Waals surface area contributed by atoms with Crippen LogP contribution in [0.1, 0.15) is 0 Å². The fourth-order valence-electron chi connectivity index (χ4n) is 6.00. The van der Waals surface area contributed by atoms with E-state index in [1.54, 1.807) is 0 Å². The molecule has 0 aliphatic rings. The van der Waals surface area contributed by atoms with Crippen LogP contribution in [0.3, 0.4) is 0 Å². The van der Waals surface area contributed by atoms with Crippen LogP contribution in [-0.4, -0.2) is 0 Å². The number of benzene rings is 7. The molecule has 8 aromatic rings. The lowest BCUT2D eigenvalue weighted by molar-refractivity contribution is 1.63. The highest BCUT2D eigenvalue weighted by Gasteiger charge is 2.17. The highest BCUT2D eigenvalue weighted by molar-refractivity contribution is 7.26. The third-order valence-corrected chi connectivity index (χ3v) is 9.35. The minimum absolute atomic E-state index is 0.750. The van der Waals surface area contributed by atoms with Crippen LogP contribution in [-0.2, 0) is 0 Å². The number of hydrogen-bond acceptors (Lipinski definition) is 1. The lowest BCUT2D eigenvalue weighted by atomic mass is 9.89. The lowest BCUT2D eigenvalue weighted by Gasteiger charge is -2.14. The second-order valence-corrected chi connectivity index (χ2v) is 11.8. The zero-order valence-corrected chi connectivity index (χ0v) is 23.1. The van der Waals surface area contributed by atoms with Gasteiger partial charge >= 0.3 is 0 Å². The molecule has 0 saturated carbocycles. The topological polar surface area (TPSA) is 0 Å². The van der Waals surface area contributed by atoms with Crippen molar-refractivity contribution in [1.82, 2.24) is 0 Å². The number of fused-ring (bicyclic) bond motifs is 5. The molecule has 0 atom stereocenters. The molecule has 0 bridgehead atoms. The van der Waals surface area contributed by atoms with Crippen LogP contribution in [0.4, 0.5) is 0 Å². The maximum absolute atomic E-state index is 6.31. The molecule has 188 valence electrons. The predicted molar refractivity (Wildman–Crippen MR) is 176 cm³/mol. The van der Waals surface area contributed by atoms with Gasteiger partial charge in [0, 0.05) is 30.8 Å². The summed E-state index contributed by atoms with van der Waals surface area (Å²) in [5.74, 6) is 0. The van der Waals surface area contributed by atoms with Crippen molar-refractivity contribution in [3.05, 3.63) is 145 Å². The Morgan fingerprint density at radius 1 is 0.425 bits per heavy atom. The average Bonchev–Trinajstić information content (AvgIpc) is 3.37. The molecule has 0 nitrogen and oxygen atoms in total. The van der Waals surface area contributed by atoms with Gasteiger partial charge in [-0.1, -0.05) is 115 Å². The van der Waals surface area contributed by atoms with Gasteiger partial charge in [-0.2, -0.15) is 0 Å². The molecule has 2 heteroatoms. The first-order chi connectivity index (χ1) is 19.7. The third kappa shape index (κ3) is 3.82. The SMILES string of the molecule is Clc1ccc(-c2cc(-c3cccc4cccc(-c5ccccc5)c34)cc3c2sc2cc4ccccc4cc23)cc1.